The van der Waals surface area contributed by atoms with E-state index in [-0.39, 0.29) is 16.5 Å². The van der Waals surface area contributed by atoms with Crippen molar-refractivity contribution in [2.24, 2.45) is 0 Å². The third-order valence-corrected chi connectivity index (χ3v) is 2.54. The van der Waals surface area contributed by atoms with Crippen molar-refractivity contribution in [1.29, 1.82) is 0 Å². The molecule has 3 nitrogen and oxygen atoms in total. The summed E-state index contributed by atoms with van der Waals surface area (Å²) in [6.45, 7) is 8.01. The lowest BCUT2D eigenvalue weighted by atomic mass is 9.95. The molecule has 82 valence electrons. The van der Waals surface area contributed by atoms with Crippen LogP contribution in [0.3, 0.4) is 0 Å². The standard InChI is InChI=1S/C12H17NO2/c1-8(2)10-5-6-11(9(3)4)12(7-10)13(14)15/h5-9H,1-4H3. The Labute approximate surface area is 90.3 Å². The van der Waals surface area contributed by atoms with Gasteiger partial charge < -0.3 is 0 Å². The minimum absolute atomic E-state index is 0.187. The highest BCUT2D eigenvalue weighted by atomic mass is 16.6. The van der Waals surface area contributed by atoms with Gasteiger partial charge in [0, 0.05) is 11.6 Å². The number of hydrogen-bond acceptors (Lipinski definition) is 2. The molecule has 0 aliphatic heterocycles. The summed E-state index contributed by atoms with van der Waals surface area (Å²) >= 11 is 0. The van der Waals surface area contributed by atoms with Crippen molar-refractivity contribution in [3.05, 3.63) is 39.4 Å². The maximum absolute atomic E-state index is 10.9. The zero-order valence-electron chi connectivity index (χ0n) is 9.65. The van der Waals surface area contributed by atoms with Crippen molar-refractivity contribution in [2.45, 2.75) is 39.5 Å². The van der Waals surface area contributed by atoms with Gasteiger partial charge in [-0.1, -0.05) is 39.8 Å². The average molecular weight is 207 g/mol. The molecule has 0 spiro atoms. The lowest BCUT2D eigenvalue weighted by molar-refractivity contribution is -0.385. The van der Waals surface area contributed by atoms with Gasteiger partial charge >= 0.3 is 0 Å². The van der Waals surface area contributed by atoms with Crippen LogP contribution in [0.25, 0.3) is 0 Å². The van der Waals surface area contributed by atoms with Crippen LogP contribution in [-0.4, -0.2) is 4.92 Å². The van der Waals surface area contributed by atoms with Gasteiger partial charge in [-0.25, -0.2) is 0 Å². The van der Waals surface area contributed by atoms with E-state index in [1.165, 1.54) is 0 Å². The van der Waals surface area contributed by atoms with Crippen LogP contribution in [0.1, 0.15) is 50.7 Å². The molecule has 1 aromatic rings. The zero-order valence-corrected chi connectivity index (χ0v) is 9.65. The Kier molecular flexibility index (Phi) is 3.45. The largest absolute Gasteiger partial charge is 0.273 e. The molecule has 15 heavy (non-hydrogen) atoms. The molecule has 1 rings (SSSR count). The van der Waals surface area contributed by atoms with E-state index in [4.69, 9.17) is 0 Å². The fourth-order valence-electron chi connectivity index (χ4n) is 1.57. The minimum Gasteiger partial charge on any atom is -0.258 e. The Morgan fingerprint density at radius 2 is 1.73 bits per heavy atom. The SMILES string of the molecule is CC(C)c1ccc(C(C)C)c([N+](=O)[O-])c1. The summed E-state index contributed by atoms with van der Waals surface area (Å²) in [5, 5.41) is 10.9. The molecule has 0 N–H and O–H groups in total. The van der Waals surface area contributed by atoms with E-state index in [9.17, 15) is 10.1 Å². The van der Waals surface area contributed by atoms with Crippen molar-refractivity contribution >= 4 is 5.69 Å². The molecule has 0 heterocycles. The van der Waals surface area contributed by atoms with Gasteiger partial charge in [0.25, 0.3) is 5.69 Å². The smallest absolute Gasteiger partial charge is 0.258 e. The predicted molar refractivity (Wildman–Crippen MR) is 61.3 cm³/mol. The van der Waals surface area contributed by atoms with E-state index >= 15 is 0 Å². The van der Waals surface area contributed by atoms with Gasteiger partial charge in [-0.2, -0.15) is 0 Å². The topological polar surface area (TPSA) is 43.1 Å². The summed E-state index contributed by atoms with van der Waals surface area (Å²) in [5.41, 5.74) is 2.08. The summed E-state index contributed by atoms with van der Waals surface area (Å²) in [7, 11) is 0. The van der Waals surface area contributed by atoms with Crippen LogP contribution in [-0.2, 0) is 0 Å². The van der Waals surface area contributed by atoms with Gasteiger partial charge in [0.1, 0.15) is 0 Å². The lowest BCUT2D eigenvalue weighted by Crippen LogP contribution is -1.99. The molecule has 0 bridgehead atoms. The highest BCUT2D eigenvalue weighted by Gasteiger charge is 2.17. The second-order valence-corrected chi connectivity index (χ2v) is 4.38. The van der Waals surface area contributed by atoms with Gasteiger partial charge in [0.2, 0.25) is 0 Å². The quantitative estimate of drug-likeness (QED) is 0.558. The number of rotatable bonds is 3. The van der Waals surface area contributed by atoms with E-state index in [2.05, 4.69) is 0 Å². The van der Waals surface area contributed by atoms with Crippen molar-refractivity contribution in [2.75, 3.05) is 0 Å². The molecule has 0 saturated carbocycles. The van der Waals surface area contributed by atoms with Crippen LogP contribution in [0, 0.1) is 10.1 Å². The van der Waals surface area contributed by atoms with Crippen LogP contribution < -0.4 is 0 Å². The molecule has 0 aromatic heterocycles. The number of hydrogen-bond donors (Lipinski definition) is 0. The third-order valence-electron chi connectivity index (χ3n) is 2.54. The fourth-order valence-corrected chi connectivity index (χ4v) is 1.57. The lowest BCUT2D eigenvalue weighted by Gasteiger charge is -2.10. The Balaban J connectivity index is 3.27. The second kappa shape index (κ2) is 4.43. The Morgan fingerprint density at radius 3 is 2.13 bits per heavy atom. The monoisotopic (exact) mass is 207 g/mol. The summed E-state index contributed by atoms with van der Waals surface area (Å²) in [4.78, 5) is 10.6. The van der Waals surface area contributed by atoms with Gasteiger partial charge in [0.05, 0.1) is 4.92 Å². The Morgan fingerprint density at radius 1 is 1.13 bits per heavy atom. The van der Waals surface area contributed by atoms with Crippen LogP contribution in [0.15, 0.2) is 18.2 Å². The summed E-state index contributed by atoms with van der Waals surface area (Å²) < 4.78 is 0. The summed E-state index contributed by atoms with van der Waals surface area (Å²) in [6, 6.07) is 5.55. The first-order valence-corrected chi connectivity index (χ1v) is 5.21. The third kappa shape index (κ3) is 2.55. The maximum atomic E-state index is 10.9. The highest BCUT2D eigenvalue weighted by molar-refractivity contribution is 5.45. The van der Waals surface area contributed by atoms with Crippen LogP contribution in [0.2, 0.25) is 0 Å². The molecular weight excluding hydrogens is 190 g/mol. The van der Waals surface area contributed by atoms with Crippen LogP contribution in [0.4, 0.5) is 5.69 Å². The molecule has 1 aromatic carbocycles. The predicted octanol–water partition coefficient (Wildman–Crippen LogP) is 3.84. The van der Waals surface area contributed by atoms with E-state index < -0.39 is 0 Å². The van der Waals surface area contributed by atoms with Gasteiger partial charge in [-0.3, -0.25) is 10.1 Å². The van der Waals surface area contributed by atoms with Crippen molar-refractivity contribution in [3.8, 4) is 0 Å². The first kappa shape index (κ1) is 11.7. The van der Waals surface area contributed by atoms with Crippen molar-refractivity contribution in [3.63, 3.8) is 0 Å². The highest BCUT2D eigenvalue weighted by Crippen LogP contribution is 2.29. The van der Waals surface area contributed by atoms with Crippen molar-refractivity contribution < 1.29 is 4.92 Å². The normalized spacial score (nSPS) is 11.1. The van der Waals surface area contributed by atoms with Gasteiger partial charge in [0.15, 0.2) is 0 Å². The molecule has 0 saturated heterocycles. The first-order chi connectivity index (χ1) is 6.93. The Hall–Kier alpha value is -1.38. The van der Waals surface area contributed by atoms with E-state index in [0.29, 0.717) is 5.92 Å². The van der Waals surface area contributed by atoms with Gasteiger partial charge in [-0.15, -0.1) is 0 Å². The average Bonchev–Trinajstić information content (AvgIpc) is 2.16. The molecule has 0 atom stereocenters. The zero-order chi connectivity index (χ0) is 11.6. The molecule has 3 heteroatoms. The molecule has 0 fully saturated rings. The molecule has 0 aliphatic rings. The number of nitro groups is 1. The molecule has 0 amide bonds. The molecule has 0 aliphatic carbocycles. The number of nitro benzene ring substituents is 1. The van der Waals surface area contributed by atoms with Gasteiger partial charge in [-0.05, 0) is 17.4 Å². The molecular formula is C12H17NO2. The van der Waals surface area contributed by atoms with E-state index in [1.54, 1.807) is 6.07 Å². The van der Waals surface area contributed by atoms with E-state index in [1.807, 2.05) is 39.8 Å². The van der Waals surface area contributed by atoms with Crippen molar-refractivity contribution in [1.82, 2.24) is 0 Å². The van der Waals surface area contributed by atoms with E-state index in [0.717, 1.165) is 11.1 Å². The summed E-state index contributed by atoms with van der Waals surface area (Å²) in [5.74, 6) is 0.511. The van der Waals surface area contributed by atoms with Crippen LogP contribution in [0.5, 0.6) is 0 Å². The maximum Gasteiger partial charge on any atom is 0.273 e. The van der Waals surface area contributed by atoms with Crippen LogP contribution >= 0.6 is 0 Å². The Bertz CT molecular complexity index is 370. The molecule has 0 radical (unpaired) electrons. The summed E-state index contributed by atoms with van der Waals surface area (Å²) in [6.07, 6.45) is 0. The second-order valence-electron chi connectivity index (χ2n) is 4.38. The number of nitrogens with zero attached hydrogens (tertiary/aromatic N) is 1. The molecule has 0 unspecified atom stereocenters. The minimum atomic E-state index is -0.290. The number of benzene rings is 1. The first-order valence-electron chi connectivity index (χ1n) is 5.21. The fraction of sp³-hybridized carbons (Fsp3) is 0.500.